The first-order valence-electron chi connectivity index (χ1n) is 8.93. The number of carbonyl (C=O) groups excluding carboxylic acids is 1. The van der Waals surface area contributed by atoms with E-state index < -0.39 is 0 Å². The standard InChI is InChI=1S/C22H29NO4/c1-14-8-16(3)22(17(4)9-14)27-13-21(24)23(5)12-18-11-20(26-7)19(25-6)10-15(18)2/h8-11H,12-13H2,1-7H3. The van der Waals surface area contributed by atoms with Crippen LogP contribution >= 0.6 is 0 Å². The number of nitrogens with zero attached hydrogens (tertiary/aromatic N) is 1. The minimum Gasteiger partial charge on any atom is -0.493 e. The summed E-state index contributed by atoms with van der Waals surface area (Å²) in [7, 11) is 4.99. The Hall–Kier alpha value is -2.69. The summed E-state index contributed by atoms with van der Waals surface area (Å²) in [6.07, 6.45) is 0. The van der Waals surface area contributed by atoms with Crippen LogP contribution in [0.15, 0.2) is 24.3 Å². The summed E-state index contributed by atoms with van der Waals surface area (Å²) in [6, 6.07) is 7.95. The van der Waals surface area contributed by atoms with Crippen molar-refractivity contribution >= 4 is 5.91 Å². The van der Waals surface area contributed by atoms with Crippen molar-refractivity contribution in [3.05, 3.63) is 52.1 Å². The van der Waals surface area contributed by atoms with Gasteiger partial charge in [-0.2, -0.15) is 0 Å². The van der Waals surface area contributed by atoms with Crippen LogP contribution in [0.5, 0.6) is 17.2 Å². The Balaban J connectivity index is 2.06. The van der Waals surface area contributed by atoms with Gasteiger partial charge < -0.3 is 19.1 Å². The molecule has 2 aromatic rings. The minimum absolute atomic E-state index is 0.00752. The van der Waals surface area contributed by atoms with Gasteiger partial charge in [-0.05, 0) is 62.1 Å². The van der Waals surface area contributed by atoms with Crippen molar-refractivity contribution in [3.63, 3.8) is 0 Å². The molecule has 0 saturated carbocycles. The number of likely N-dealkylation sites (N-methyl/N-ethyl adjacent to an activating group) is 1. The fraction of sp³-hybridized carbons (Fsp3) is 0.409. The predicted octanol–water partition coefficient (Wildman–Crippen LogP) is 3.97. The maximum absolute atomic E-state index is 12.5. The molecular weight excluding hydrogens is 342 g/mol. The summed E-state index contributed by atoms with van der Waals surface area (Å²) < 4.78 is 16.5. The Morgan fingerprint density at radius 2 is 1.44 bits per heavy atom. The topological polar surface area (TPSA) is 48.0 Å². The number of carbonyl (C=O) groups is 1. The number of amides is 1. The highest BCUT2D eigenvalue weighted by atomic mass is 16.5. The molecule has 0 aromatic heterocycles. The lowest BCUT2D eigenvalue weighted by atomic mass is 10.1. The first-order valence-corrected chi connectivity index (χ1v) is 8.93. The summed E-state index contributed by atoms with van der Waals surface area (Å²) in [5, 5.41) is 0. The fourth-order valence-electron chi connectivity index (χ4n) is 3.18. The minimum atomic E-state index is -0.0800. The molecule has 0 aliphatic carbocycles. The largest absolute Gasteiger partial charge is 0.493 e. The Morgan fingerprint density at radius 3 is 2.00 bits per heavy atom. The molecule has 0 aliphatic heterocycles. The highest BCUT2D eigenvalue weighted by Gasteiger charge is 2.15. The van der Waals surface area contributed by atoms with Crippen LogP contribution in [0.3, 0.4) is 0 Å². The second kappa shape index (κ2) is 8.80. The van der Waals surface area contributed by atoms with Crippen molar-refractivity contribution in [2.24, 2.45) is 0 Å². The molecule has 2 aromatic carbocycles. The van der Waals surface area contributed by atoms with Gasteiger partial charge in [-0.15, -0.1) is 0 Å². The Kier molecular flexibility index (Phi) is 6.72. The summed E-state index contributed by atoms with van der Waals surface area (Å²) in [5.41, 5.74) is 5.31. The van der Waals surface area contributed by atoms with Crippen molar-refractivity contribution in [2.45, 2.75) is 34.2 Å². The molecule has 1 amide bonds. The SMILES string of the molecule is COc1cc(C)c(CN(C)C(=O)COc2c(C)cc(C)cc2C)cc1OC. The zero-order valence-electron chi connectivity index (χ0n) is 17.3. The first kappa shape index (κ1) is 20.6. The smallest absolute Gasteiger partial charge is 0.260 e. The molecule has 146 valence electrons. The lowest BCUT2D eigenvalue weighted by Crippen LogP contribution is -2.31. The van der Waals surface area contributed by atoms with E-state index in [1.165, 1.54) is 5.56 Å². The van der Waals surface area contributed by atoms with E-state index in [1.807, 2.05) is 39.8 Å². The van der Waals surface area contributed by atoms with E-state index in [1.54, 1.807) is 26.2 Å². The third-order valence-corrected chi connectivity index (χ3v) is 4.62. The normalized spacial score (nSPS) is 10.5. The van der Waals surface area contributed by atoms with Crippen molar-refractivity contribution in [2.75, 3.05) is 27.9 Å². The zero-order valence-corrected chi connectivity index (χ0v) is 17.3. The molecule has 0 heterocycles. The molecule has 0 atom stereocenters. The van der Waals surface area contributed by atoms with E-state index in [0.717, 1.165) is 28.0 Å². The van der Waals surface area contributed by atoms with E-state index in [0.29, 0.717) is 18.0 Å². The number of ether oxygens (including phenoxy) is 3. The lowest BCUT2D eigenvalue weighted by Gasteiger charge is -2.21. The average molecular weight is 371 g/mol. The molecule has 5 heteroatoms. The molecule has 27 heavy (non-hydrogen) atoms. The highest BCUT2D eigenvalue weighted by molar-refractivity contribution is 5.77. The van der Waals surface area contributed by atoms with Gasteiger partial charge in [0, 0.05) is 13.6 Å². The van der Waals surface area contributed by atoms with Gasteiger partial charge in [-0.1, -0.05) is 17.7 Å². The van der Waals surface area contributed by atoms with Crippen LogP contribution in [0.25, 0.3) is 0 Å². The molecule has 0 aliphatic rings. The maximum Gasteiger partial charge on any atom is 0.260 e. The van der Waals surface area contributed by atoms with Crippen LogP contribution in [0, 0.1) is 27.7 Å². The average Bonchev–Trinajstić information content (AvgIpc) is 2.61. The maximum atomic E-state index is 12.5. The number of benzene rings is 2. The Morgan fingerprint density at radius 1 is 0.889 bits per heavy atom. The van der Waals surface area contributed by atoms with Gasteiger partial charge in [-0.25, -0.2) is 0 Å². The van der Waals surface area contributed by atoms with E-state index >= 15 is 0 Å². The summed E-state index contributed by atoms with van der Waals surface area (Å²) in [6.45, 7) is 8.51. The summed E-state index contributed by atoms with van der Waals surface area (Å²) >= 11 is 0. The van der Waals surface area contributed by atoms with Gasteiger partial charge in [0.05, 0.1) is 14.2 Å². The van der Waals surface area contributed by atoms with Gasteiger partial charge in [0.25, 0.3) is 5.91 Å². The van der Waals surface area contributed by atoms with E-state index in [4.69, 9.17) is 14.2 Å². The van der Waals surface area contributed by atoms with Crippen LogP contribution in [-0.2, 0) is 11.3 Å². The van der Waals surface area contributed by atoms with E-state index in [9.17, 15) is 4.79 Å². The third kappa shape index (κ3) is 4.94. The van der Waals surface area contributed by atoms with Crippen molar-refractivity contribution in [3.8, 4) is 17.2 Å². The number of aryl methyl sites for hydroxylation is 4. The van der Waals surface area contributed by atoms with E-state index in [2.05, 4.69) is 12.1 Å². The Bertz CT molecular complexity index is 806. The highest BCUT2D eigenvalue weighted by Crippen LogP contribution is 2.31. The monoisotopic (exact) mass is 371 g/mol. The molecule has 2 rings (SSSR count). The van der Waals surface area contributed by atoms with Gasteiger partial charge in [0.15, 0.2) is 18.1 Å². The number of hydrogen-bond acceptors (Lipinski definition) is 4. The number of methoxy groups -OCH3 is 2. The van der Waals surface area contributed by atoms with Crippen LogP contribution in [-0.4, -0.2) is 38.7 Å². The molecule has 0 unspecified atom stereocenters. The number of rotatable bonds is 7. The van der Waals surface area contributed by atoms with Crippen LogP contribution < -0.4 is 14.2 Å². The van der Waals surface area contributed by atoms with Gasteiger partial charge in [-0.3, -0.25) is 4.79 Å². The van der Waals surface area contributed by atoms with Gasteiger partial charge in [0.2, 0.25) is 0 Å². The molecule has 0 spiro atoms. The van der Waals surface area contributed by atoms with Crippen LogP contribution in [0.2, 0.25) is 0 Å². The molecule has 0 radical (unpaired) electrons. The zero-order chi connectivity index (χ0) is 20.1. The predicted molar refractivity (Wildman–Crippen MR) is 107 cm³/mol. The Labute approximate surface area is 161 Å². The van der Waals surface area contributed by atoms with Crippen molar-refractivity contribution < 1.29 is 19.0 Å². The molecule has 5 nitrogen and oxygen atoms in total. The summed E-state index contributed by atoms with van der Waals surface area (Å²) in [5.74, 6) is 2.04. The fourth-order valence-corrected chi connectivity index (χ4v) is 3.18. The quantitative estimate of drug-likeness (QED) is 0.739. The lowest BCUT2D eigenvalue weighted by molar-refractivity contribution is -0.132. The van der Waals surface area contributed by atoms with E-state index in [-0.39, 0.29) is 12.5 Å². The van der Waals surface area contributed by atoms with Crippen molar-refractivity contribution in [1.29, 1.82) is 0 Å². The van der Waals surface area contributed by atoms with Gasteiger partial charge >= 0.3 is 0 Å². The molecule has 0 fully saturated rings. The van der Waals surface area contributed by atoms with Crippen LogP contribution in [0.4, 0.5) is 0 Å². The second-order valence-electron chi connectivity index (χ2n) is 6.90. The van der Waals surface area contributed by atoms with Crippen molar-refractivity contribution in [1.82, 2.24) is 4.90 Å². The molecule has 0 N–H and O–H groups in total. The molecule has 0 saturated heterocycles. The van der Waals surface area contributed by atoms with Gasteiger partial charge in [0.1, 0.15) is 5.75 Å². The molecule has 0 bridgehead atoms. The third-order valence-electron chi connectivity index (χ3n) is 4.62. The summed E-state index contributed by atoms with van der Waals surface area (Å²) in [4.78, 5) is 14.2. The second-order valence-corrected chi connectivity index (χ2v) is 6.90. The first-order chi connectivity index (χ1) is 12.8. The molecular formula is C22H29NO4. The van der Waals surface area contributed by atoms with Crippen LogP contribution in [0.1, 0.15) is 27.8 Å². The number of hydrogen-bond donors (Lipinski definition) is 0.